The Kier molecular flexibility index (Phi) is 3.47. The molecule has 0 saturated carbocycles. The second-order valence-corrected chi connectivity index (χ2v) is 5.91. The molecule has 1 fully saturated rings. The molecule has 3 rings (SSSR count). The molecule has 2 atom stereocenters. The van der Waals surface area contributed by atoms with Crippen LogP contribution in [-0.2, 0) is 11.2 Å². The second kappa shape index (κ2) is 5.05. The number of rotatable bonds is 1. The SMILES string of the molecule is C[C@@H]1Cc2c(C(=O)N3CCC(F)(F)CC3)n[nH]c2[C@H](C)O1. The molecule has 1 aromatic heterocycles. The fourth-order valence-electron chi connectivity index (χ4n) is 3.04. The summed E-state index contributed by atoms with van der Waals surface area (Å²) in [5.74, 6) is -2.91. The summed E-state index contributed by atoms with van der Waals surface area (Å²) in [6.45, 7) is 4.01. The number of hydrogen-bond donors (Lipinski definition) is 1. The first kappa shape index (κ1) is 14.4. The molecular formula is C14H19F2N3O2. The van der Waals surface area contributed by atoms with Gasteiger partial charge in [-0.05, 0) is 13.8 Å². The number of halogens is 2. The Bertz CT molecular complexity index is 548. The zero-order valence-electron chi connectivity index (χ0n) is 12.2. The average Bonchev–Trinajstić information content (AvgIpc) is 2.82. The highest BCUT2D eigenvalue weighted by Gasteiger charge is 2.38. The van der Waals surface area contributed by atoms with Crippen LogP contribution in [0.1, 0.15) is 54.5 Å². The van der Waals surface area contributed by atoms with Crippen molar-refractivity contribution in [2.24, 2.45) is 0 Å². The van der Waals surface area contributed by atoms with E-state index in [0.29, 0.717) is 12.1 Å². The van der Waals surface area contributed by atoms with E-state index >= 15 is 0 Å². The third-order valence-corrected chi connectivity index (χ3v) is 4.22. The minimum atomic E-state index is -2.65. The van der Waals surface area contributed by atoms with Crippen LogP contribution in [0.5, 0.6) is 0 Å². The van der Waals surface area contributed by atoms with Gasteiger partial charge in [-0.15, -0.1) is 0 Å². The largest absolute Gasteiger partial charge is 0.369 e. The molecule has 2 aliphatic rings. The number of aromatic nitrogens is 2. The average molecular weight is 299 g/mol. The van der Waals surface area contributed by atoms with Crippen molar-refractivity contribution in [3.8, 4) is 0 Å². The Labute approximate surface area is 121 Å². The zero-order chi connectivity index (χ0) is 15.2. The lowest BCUT2D eigenvalue weighted by Gasteiger charge is -2.32. The van der Waals surface area contributed by atoms with E-state index in [4.69, 9.17) is 4.74 Å². The maximum Gasteiger partial charge on any atom is 0.274 e. The van der Waals surface area contributed by atoms with Crippen molar-refractivity contribution in [1.29, 1.82) is 0 Å². The van der Waals surface area contributed by atoms with Crippen LogP contribution in [0.2, 0.25) is 0 Å². The van der Waals surface area contributed by atoms with E-state index in [9.17, 15) is 13.6 Å². The molecule has 1 aromatic rings. The van der Waals surface area contributed by atoms with Crippen LogP contribution >= 0.6 is 0 Å². The normalized spacial score (nSPS) is 28.3. The fraction of sp³-hybridized carbons (Fsp3) is 0.714. The van der Waals surface area contributed by atoms with Gasteiger partial charge in [0.25, 0.3) is 11.8 Å². The summed E-state index contributed by atoms with van der Waals surface area (Å²) in [6.07, 6.45) is -0.0603. The van der Waals surface area contributed by atoms with Crippen molar-refractivity contribution in [2.45, 2.75) is 51.2 Å². The molecule has 0 bridgehead atoms. The molecule has 1 N–H and O–H groups in total. The number of hydrogen-bond acceptors (Lipinski definition) is 3. The highest BCUT2D eigenvalue weighted by atomic mass is 19.3. The quantitative estimate of drug-likeness (QED) is 0.865. The minimum absolute atomic E-state index is 0.0161. The summed E-state index contributed by atoms with van der Waals surface area (Å²) in [5, 5.41) is 6.97. The molecule has 21 heavy (non-hydrogen) atoms. The van der Waals surface area contributed by atoms with Crippen LogP contribution in [0, 0.1) is 0 Å². The zero-order valence-corrected chi connectivity index (χ0v) is 12.2. The molecule has 0 unspecified atom stereocenters. The summed E-state index contributed by atoms with van der Waals surface area (Å²) >= 11 is 0. The van der Waals surface area contributed by atoms with Gasteiger partial charge in [-0.25, -0.2) is 8.78 Å². The first-order valence-corrected chi connectivity index (χ1v) is 7.27. The van der Waals surface area contributed by atoms with Gasteiger partial charge in [0.2, 0.25) is 0 Å². The Balaban J connectivity index is 1.80. The smallest absolute Gasteiger partial charge is 0.274 e. The van der Waals surface area contributed by atoms with Gasteiger partial charge in [0.15, 0.2) is 5.69 Å². The Hall–Kier alpha value is -1.50. The van der Waals surface area contributed by atoms with Crippen molar-refractivity contribution >= 4 is 5.91 Å². The molecule has 5 nitrogen and oxygen atoms in total. The molecule has 0 aromatic carbocycles. The number of ether oxygens (including phenoxy) is 1. The van der Waals surface area contributed by atoms with E-state index < -0.39 is 5.92 Å². The third kappa shape index (κ3) is 2.66. The van der Waals surface area contributed by atoms with Crippen molar-refractivity contribution < 1.29 is 18.3 Å². The number of piperidine rings is 1. The number of nitrogens with zero attached hydrogens (tertiary/aromatic N) is 2. The van der Waals surface area contributed by atoms with Gasteiger partial charge in [0, 0.05) is 37.9 Å². The number of carbonyl (C=O) groups is 1. The topological polar surface area (TPSA) is 58.2 Å². The lowest BCUT2D eigenvalue weighted by molar-refractivity contribution is -0.0495. The number of H-pyrrole nitrogens is 1. The number of alkyl halides is 2. The van der Waals surface area contributed by atoms with E-state index in [0.717, 1.165) is 11.3 Å². The number of likely N-dealkylation sites (tertiary alicyclic amines) is 1. The predicted octanol–water partition coefficient (Wildman–Crippen LogP) is 2.30. The van der Waals surface area contributed by atoms with E-state index in [-0.39, 0.29) is 44.0 Å². The minimum Gasteiger partial charge on any atom is -0.369 e. The maximum atomic E-state index is 13.2. The lowest BCUT2D eigenvalue weighted by atomic mass is 9.98. The van der Waals surface area contributed by atoms with Gasteiger partial charge in [0.1, 0.15) is 0 Å². The summed E-state index contributed by atoms with van der Waals surface area (Å²) < 4.78 is 32.0. The molecule has 0 aliphatic carbocycles. The molecule has 1 saturated heterocycles. The number of nitrogens with one attached hydrogen (secondary N) is 1. The highest BCUT2D eigenvalue weighted by molar-refractivity contribution is 5.94. The van der Waals surface area contributed by atoms with Crippen molar-refractivity contribution in [2.75, 3.05) is 13.1 Å². The van der Waals surface area contributed by atoms with Crippen molar-refractivity contribution in [1.82, 2.24) is 15.1 Å². The summed E-state index contributed by atoms with van der Waals surface area (Å²) in [5.41, 5.74) is 2.04. The van der Waals surface area contributed by atoms with E-state index in [2.05, 4.69) is 10.2 Å². The van der Waals surface area contributed by atoms with E-state index in [1.807, 2.05) is 13.8 Å². The summed E-state index contributed by atoms with van der Waals surface area (Å²) in [4.78, 5) is 14.0. The number of aromatic amines is 1. The molecule has 2 aliphatic heterocycles. The first-order chi connectivity index (χ1) is 9.87. The molecular weight excluding hydrogens is 280 g/mol. The van der Waals surface area contributed by atoms with Gasteiger partial charge in [0.05, 0.1) is 17.9 Å². The van der Waals surface area contributed by atoms with Gasteiger partial charge >= 0.3 is 0 Å². The van der Waals surface area contributed by atoms with Crippen LogP contribution in [0.4, 0.5) is 8.78 Å². The van der Waals surface area contributed by atoms with Crippen LogP contribution < -0.4 is 0 Å². The van der Waals surface area contributed by atoms with Crippen LogP contribution in [0.15, 0.2) is 0 Å². The molecule has 3 heterocycles. The van der Waals surface area contributed by atoms with E-state index in [1.165, 1.54) is 4.90 Å². The molecule has 7 heteroatoms. The Morgan fingerprint density at radius 2 is 2.05 bits per heavy atom. The molecule has 116 valence electrons. The van der Waals surface area contributed by atoms with Gasteiger partial charge in [-0.3, -0.25) is 9.89 Å². The summed E-state index contributed by atoms with van der Waals surface area (Å²) in [7, 11) is 0. The maximum absolute atomic E-state index is 13.2. The van der Waals surface area contributed by atoms with E-state index in [1.54, 1.807) is 0 Å². The molecule has 1 amide bonds. The number of carbonyl (C=O) groups excluding carboxylic acids is 1. The lowest BCUT2D eigenvalue weighted by Crippen LogP contribution is -2.43. The Morgan fingerprint density at radius 1 is 1.38 bits per heavy atom. The number of amides is 1. The standard InChI is InChI=1S/C14H19F2N3O2/c1-8-7-10-11(9(2)21-8)17-18-12(10)13(20)19-5-3-14(15,16)4-6-19/h8-9H,3-7H2,1-2H3,(H,17,18)/t8-,9+/m1/s1. The van der Waals surface area contributed by atoms with Crippen LogP contribution in [0.3, 0.4) is 0 Å². The summed E-state index contributed by atoms with van der Waals surface area (Å²) in [6, 6.07) is 0. The predicted molar refractivity (Wildman–Crippen MR) is 71.3 cm³/mol. The van der Waals surface area contributed by atoms with Crippen LogP contribution in [-0.4, -0.2) is 46.1 Å². The first-order valence-electron chi connectivity index (χ1n) is 7.27. The Morgan fingerprint density at radius 3 is 2.71 bits per heavy atom. The van der Waals surface area contributed by atoms with Gasteiger partial charge in [-0.1, -0.05) is 0 Å². The fourth-order valence-corrected chi connectivity index (χ4v) is 3.04. The molecule has 0 spiro atoms. The highest BCUT2D eigenvalue weighted by Crippen LogP contribution is 2.32. The third-order valence-electron chi connectivity index (χ3n) is 4.22. The van der Waals surface area contributed by atoms with Gasteiger partial charge in [-0.2, -0.15) is 5.10 Å². The van der Waals surface area contributed by atoms with Gasteiger partial charge < -0.3 is 9.64 Å². The van der Waals surface area contributed by atoms with Crippen molar-refractivity contribution in [3.63, 3.8) is 0 Å². The second-order valence-electron chi connectivity index (χ2n) is 5.91. The molecule has 0 radical (unpaired) electrons. The van der Waals surface area contributed by atoms with Crippen LogP contribution in [0.25, 0.3) is 0 Å². The van der Waals surface area contributed by atoms with Crippen molar-refractivity contribution in [3.05, 3.63) is 17.0 Å². The number of fused-ring (bicyclic) bond motifs is 1. The monoisotopic (exact) mass is 299 g/mol.